The minimum Gasteiger partial charge on any atom is -0.460 e. The van der Waals surface area contributed by atoms with Crippen LogP contribution in [0.4, 0.5) is 0 Å². The van der Waals surface area contributed by atoms with Crippen molar-refractivity contribution in [1.82, 2.24) is 10.6 Å². The van der Waals surface area contributed by atoms with Gasteiger partial charge in [0, 0.05) is 33.1 Å². The highest BCUT2D eigenvalue weighted by Gasteiger charge is 2.55. The number of ether oxygens (including phenoxy) is 4. The summed E-state index contributed by atoms with van der Waals surface area (Å²) in [5, 5.41) is 25.8. The van der Waals surface area contributed by atoms with Gasteiger partial charge in [0.25, 0.3) is 0 Å². The summed E-state index contributed by atoms with van der Waals surface area (Å²) in [5.74, 6) is -3.97. The lowest BCUT2D eigenvalue weighted by Crippen LogP contribution is -2.55. The van der Waals surface area contributed by atoms with Crippen molar-refractivity contribution in [2.45, 2.75) is 94.8 Å². The topological polar surface area (TPSA) is 170 Å². The zero-order valence-corrected chi connectivity index (χ0v) is 32.1. The first-order valence-electron chi connectivity index (χ1n) is 17.5. The molecule has 13 heteroatoms. The summed E-state index contributed by atoms with van der Waals surface area (Å²) < 4.78 is 25.6. The van der Waals surface area contributed by atoms with Crippen LogP contribution < -0.4 is 10.6 Å². The third-order valence-electron chi connectivity index (χ3n) is 8.77. The van der Waals surface area contributed by atoms with E-state index in [1.165, 1.54) is 6.92 Å². The third kappa shape index (κ3) is 9.89. The molecule has 0 radical (unpaired) electrons. The van der Waals surface area contributed by atoms with Crippen LogP contribution in [-0.4, -0.2) is 82.7 Å². The molecule has 12 nitrogen and oxygen atoms in total. The number of hydrogen-bond acceptors (Lipinski definition) is 10. The fraction of sp³-hybridized carbons (Fsp3) is 0.400. The molecule has 282 valence electrons. The van der Waals surface area contributed by atoms with Gasteiger partial charge in [-0.05, 0) is 74.9 Å². The van der Waals surface area contributed by atoms with Gasteiger partial charge < -0.3 is 39.8 Å². The third-order valence-corrected chi connectivity index (χ3v) is 9.71. The normalized spacial score (nSPS) is 20.9. The second-order valence-electron chi connectivity index (χ2n) is 14.0. The first-order chi connectivity index (χ1) is 25.2. The van der Waals surface area contributed by atoms with Gasteiger partial charge in [-0.2, -0.15) is 0 Å². The van der Waals surface area contributed by atoms with Gasteiger partial charge >= 0.3 is 11.9 Å². The quantitative estimate of drug-likeness (QED) is 0.144. The predicted octanol–water partition coefficient (Wildman–Crippen LogP) is 4.30. The van der Waals surface area contributed by atoms with Gasteiger partial charge in [0.1, 0.15) is 30.0 Å². The molecule has 0 spiro atoms. The molecule has 0 bridgehead atoms. The maximum atomic E-state index is 13.9. The van der Waals surface area contributed by atoms with Crippen molar-refractivity contribution in [2.75, 3.05) is 6.61 Å². The number of aliphatic hydroxyl groups excluding tert-OH is 2. The molecule has 0 unspecified atom stereocenters. The molecule has 2 amide bonds. The van der Waals surface area contributed by atoms with E-state index in [9.17, 15) is 29.4 Å². The van der Waals surface area contributed by atoms with Crippen molar-refractivity contribution >= 4 is 46.3 Å². The van der Waals surface area contributed by atoms with E-state index in [0.29, 0.717) is 20.3 Å². The molecule has 5 rings (SSSR count). The van der Waals surface area contributed by atoms with E-state index in [2.05, 4.69) is 33.2 Å². The predicted molar refractivity (Wildman–Crippen MR) is 202 cm³/mol. The maximum Gasteiger partial charge on any atom is 0.339 e. The van der Waals surface area contributed by atoms with E-state index < -0.39 is 78.2 Å². The molecule has 6 atom stereocenters. The summed E-state index contributed by atoms with van der Waals surface area (Å²) in [5.41, 5.74) is 1.19. The highest BCUT2D eigenvalue weighted by molar-refractivity contribution is 14.1. The Labute approximate surface area is 322 Å². The lowest BCUT2D eigenvalue weighted by Gasteiger charge is -2.32. The second-order valence-corrected chi connectivity index (χ2v) is 15.2. The lowest BCUT2D eigenvalue weighted by atomic mass is 9.91. The zero-order valence-electron chi connectivity index (χ0n) is 30.0. The monoisotopic (exact) mass is 840 g/mol. The van der Waals surface area contributed by atoms with Crippen LogP contribution in [0.2, 0.25) is 0 Å². The second kappa shape index (κ2) is 17.3. The molecule has 1 aliphatic heterocycles. The number of fused-ring (bicyclic) bond motifs is 1. The van der Waals surface area contributed by atoms with Crippen molar-refractivity contribution in [3.63, 3.8) is 0 Å². The van der Waals surface area contributed by atoms with E-state index >= 15 is 0 Å². The molecule has 0 aromatic heterocycles. The zero-order chi connectivity index (χ0) is 38.3. The van der Waals surface area contributed by atoms with E-state index in [1.807, 2.05) is 60.7 Å². The molecule has 1 saturated heterocycles. The van der Waals surface area contributed by atoms with Crippen LogP contribution >= 0.6 is 22.6 Å². The average Bonchev–Trinajstić information content (AvgIpc) is 3.53. The number of aliphatic hydroxyl groups is 2. The van der Waals surface area contributed by atoms with E-state index in [1.54, 1.807) is 51.1 Å². The molecule has 53 heavy (non-hydrogen) atoms. The Balaban J connectivity index is 1.40. The Bertz CT molecular complexity index is 1750. The summed E-state index contributed by atoms with van der Waals surface area (Å²) in [6.07, 6.45) is -2.53. The summed E-state index contributed by atoms with van der Waals surface area (Å²) in [6, 6.07) is 23.3. The van der Waals surface area contributed by atoms with E-state index in [-0.39, 0.29) is 24.8 Å². The van der Waals surface area contributed by atoms with E-state index in [4.69, 9.17) is 18.9 Å². The Kier molecular flexibility index (Phi) is 13.1. The van der Waals surface area contributed by atoms with Crippen LogP contribution in [0, 0.1) is 3.57 Å². The summed E-state index contributed by atoms with van der Waals surface area (Å²) in [7, 11) is 0. The largest absolute Gasteiger partial charge is 0.460 e. The van der Waals surface area contributed by atoms with Crippen LogP contribution in [0.15, 0.2) is 96.6 Å². The molecule has 1 heterocycles. The first-order valence-corrected chi connectivity index (χ1v) is 18.5. The number of benzene rings is 3. The maximum absolute atomic E-state index is 13.9. The van der Waals surface area contributed by atoms with Crippen molar-refractivity contribution in [1.29, 1.82) is 0 Å². The number of hydrogen-bond donors (Lipinski definition) is 4. The minimum absolute atomic E-state index is 0.0679. The fourth-order valence-corrected chi connectivity index (χ4v) is 6.85. The average molecular weight is 841 g/mol. The Hall–Kier alpha value is -4.15. The SMILES string of the molecule is C[C@H](O)[C@@H](NC(=O)C1=C[C@H]2OC(c3ccccc3)(c3ccccc3)O[C@H]2[C@H](OC(=O)c2ccccc2I)C1)C(=O)N[C@H](CO)CCC(=O)OC(C)(C)C. The van der Waals surface area contributed by atoms with Crippen LogP contribution in [0.1, 0.15) is 68.4 Å². The Morgan fingerprint density at radius 3 is 2.09 bits per heavy atom. The van der Waals surface area contributed by atoms with Crippen LogP contribution in [0.5, 0.6) is 0 Å². The molecular weight excluding hydrogens is 795 g/mol. The number of esters is 2. The fourth-order valence-electron chi connectivity index (χ4n) is 6.24. The standard InChI is InChI=1S/C40H45IN2O10/c1-24(45)34(37(48)42-28(23-44)19-20-33(46)52-39(2,3)4)43-36(47)25-21-31(50-38(49)29-17-11-12-18-30(29)41)35-32(22-25)51-40(53-35,26-13-7-5-8-14-26)27-15-9-6-10-16-27/h5-18,22,24,28,31-32,34-35,44-45H,19-21,23H2,1-4H3,(H,42,48)(H,43,47)/t24-,28-,31+,32+,34+,35-/m0/s1. The van der Waals surface area contributed by atoms with Gasteiger partial charge in [0.05, 0.1) is 24.3 Å². The van der Waals surface area contributed by atoms with Gasteiger partial charge in [-0.1, -0.05) is 72.8 Å². The molecule has 1 fully saturated rings. The summed E-state index contributed by atoms with van der Waals surface area (Å²) in [4.78, 5) is 53.1. The minimum atomic E-state index is -1.43. The number of amides is 2. The number of carbonyl (C=O) groups excluding carboxylic acids is 4. The molecule has 4 N–H and O–H groups in total. The highest BCUT2D eigenvalue weighted by Crippen LogP contribution is 2.47. The van der Waals surface area contributed by atoms with Gasteiger partial charge in [-0.15, -0.1) is 0 Å². The van der Waals surface area contributed by atoms with Crippen molar-refractivity contribution in [2.24, 2.45) is 0 Å². The number of halogens is 1. The van der Waals surface area contributed by atoms with Gasteiger partial charge in [-0.3, -0.25) is 14.4 Å². The van der Waals surface area contributed by atoms with Crippen molar-refractivity contribution < 1.29 is 48.3 Å². The number of rotatable bonds is 13. The number of nitrogens with one attached hydrogen (secondary N) is 2. The van der Waals surface area contributed by atoms with Crippen LogP contribution in [-0.2, 0) is 39.1 Å². The van der Waals surface area contributed by atoms with Gasteiger partial charge in [0.15, 0.2) is 0 Å². The molecule has 3 aromatic carbocycles. The smallest absolute Gasteiger partial charge is 0.339 e. The Morgan fingerprint density at radius 2 is 1.53 bits per heavy atom. The Morgan fingerprint density at radius 1 is 0.925 bits per heavy atom. The molecule has 3 aromatic rings. The molecular formula is C40H45IN2O10. The molecule has 0 saturated carbocycles. The first kappa shape index (κ1) is 40.0. The van der Waals surface area contributed by atoms with Gasteiger partial charge in [-0.25, -0.2) is 4.79 Å². The number of carbonyl (C=O) groups is 4. The highest BCUT2D eigenvalue weighted by atomic mass is 127. The molecule has 2 aliphatic rings. The van der Waals surface area contributed by atoms with Gasteiger partial charge in [0.2, 0.25) is 17.6 Å². The van der Waals surface area contributed by atoms with E-state index in [0.717, 1.165) is 0 Å². The van der Waals surface area contributed by atoms with Crippen LogP contribution in [0.25, 0.3) is 0 Å². The van der Waals surface area contributed by atoms with Crippen LogP contribution in [0.3, 0.4) is 0 Å². The lowest BCUT2D eigenvalue weighted by molar-refractivity contribution is -0.157. The molecule has 1 aliphatic carbocycles. The van der Waals surface area contributed by atoms with Crippen molar-refractivity contribution in [3.05, 3.63) is 117 Å². The van der Waals surface area contributed by atoms with Crippen molar-refractivity contribution in [3.8, 4) is 0 Å². The summed E-state index contributed by atoms with van der Waals surface area (Å²) in [6.45, 7) is 6.06. The summed E-state index contributed by atoms with van der Waals surface area (Å²) >= 11 is 2.05.